The Balaban J connectivity index is 0.849. The Morgan fingerprint density at radius 2 is 1.25 bits per heavy atom. The fourth-order valence-electron chi connectivity index (χ4n) is 14.5. The van der Waals surface area contributed by atoms with Gasteiger partial charge in [-0.15, -0.1) is 0 Å². The number of hydrogen-bond donors (Lipinski definition) is 12. The van der Waals surface area contributed by atoms with Crippen molar-refractivity contribution in [3.63, 3.8) is 0 Å². The molecule has 0 radical (unpaired) electrons. The molecule has 0 aromatic rings. The zero-order valence-corrected chi connectivity index (χ0v) is 42.2. The molecule has 21 heteroatoms. The van der Waals surface area contributed by atoms with E-state index in [1.807, 2.05) is 6.92 Å². The third-order valence-electron chi connectivity index (χ3n) is 18.8. The average molecular weight is 1030 g/mol. The molecule has 29 atom stereocenters. The maximum Gasteiger partial charge on any atom is 0.187 e. The van der Waals surface area contributed by atoms with Crippen molar-refractivity contribution in [1.82, 2.24) is 0 Å². The summed E-state index contributed by atoms with van der Waals surface area (Å²) in [6.45, 7) is 11.1. The summed E-state index contributed by atoms with van der Waals surface area (Å²) >= 11 is 0. The molecule has 0 bridgehead atoms. The van der Waals surface area contributed by atoms with E-state index in [-0.39, 0.29) is 29.5 Å². The normalized spacial score (nSPS) is 52.9. The van der Waals surface area contributed by atoms with Gasteiger partial charge >= 0.3 is 0 Å². The van der Waals surface area contributed by atoms with Gasteiger partial charge in [0.2, 0.25) is 0 Å². The molecule has 0 amide bonds. The van der Waals surface area contributed by atoms with E-state index in [0.717, 1.165) is 50.7 Å². The van der Waals surface area contributed by atoms with Crippen LogP contribution in [0.3, 0.4) is 0 Å². The number of fused-ring (bicyclic) bond motifs is 7. The minimum absolute atomic E-state index is 0.0680. The first kappa shape index (κ1) is 55.2. The molecule has 72 heavy (non-hydrogen) atoms. The minimum atomic E-state index is -1.74. The van der Waals surface area contributed by atoms with Crippen molar-refractivity contribution in [1.29, 1.82) is 0 Å². The summed E-state index contributed by atoms with van der Waals surface area (Å²) in [5.74, 6) is 2.80. The van der Waals surface area contributed by atoms with Crippen LogP contribution in [0, 0.1) is 40.4 Å². The molecule has 5 aliphatic heterocycles. The van der Waals surface area contributed by atoms with Gasteiger partial charge in [-0.05, 0) is 112 Å². The number of aliphatic hydroxyl groups is 12. The lowest BCUT2D eigenvalue weighted by Gasteiger charge is -2.58. The van der Waals surface area contributed by atoms with Crippen molar-refractivity contribution in [2.75, 3.05) is 19.8 Å². The molecule has 412 valence electrons. The maximum absolute atomic E-state index is 12.0. The van der Waals surface area contributed by atoms with Crippen molar-refractivity contribution < 1.29 is 104 Å². The van der Waals surface area contributed by atoms with Gasteiger partial charge < -0.3 is 104 Å². The van der Waals surface area contributed by atoms with E-state index >= 15 is 0 Å². The molecule has 12 N–H and O–H groups in total. The zero-order valence-electron chi connectivity index (χ0n) is 42.2. The van der Waals surface area contributed by atoms with Gasteiger partial charge in [0.05, 0.1) is 43.9 Å². The quantitative estimate of drug-likeness (QED) is 0.0926. The lowest BCUT2D eigenvalue weighted by Crippen LogP contribution is -2.66. The Hall–Kier alpha value is -1.52. The van der Waals surface area contributed by atoms with Gasteiger partial charge in [0.25, 0.3) is 0 Å². The second-order valence-corrected chi connectivity index (χ2v) is 23.2. The van der Waals surface area contributed by atoms with Crippen molar-refractivity contribution in [2.24, 2.45) is 40.4 Å². The van der Waals surface area contributed by atoms with Gasteiger partial charge in [0, 0.05) is 12.3 Å². The molecule has 0 aromatic carbocycles. The largest absolute Gasteiger partial charge is 0.494 e. The predicted molar refractivity (Wildman–Crippen MR) is 247 cm³/mol. The summed E-state index contributed by atoms with van der Waals surface area (Å²) in [6.07, 6.45) is -18.8. The highest BCUT2D eigenvalue weighted by Crippen LogP contribution is 2.69. The van der Waals surface area contributed by atoms with Gasteiger partial charge in [-0.3, -0.25) is 0 Å². The van der Waals surface area contributed by atoms with E-state index < -0.39 is 142 Å². The van der Waals surface area contributed by atoms with Crippen molar-refractivity contribution in [2.45, 2.75) is 234 Å². The third kappa shape index (κ3) is 9.90. The molecule has 9 rings (SSSR count). The molecular weight excluding hydrogens is 949 g/mol. The molecule has 5 heterocycles. The van der Waals surface area contributed by atoms with E-state index in [4.69, 9.17) is 42.6 Å². The molecule has 0 aromatic heterocycles. The third-order valence-corrected chi connectivity index (χ3v) is 18.8. The molecule has 0 unspecified atom stereocenters. The second kappa shape index (κ2) is 21.7. The van der Waals surface area contributed by atoms with Crippen LogP contribution < -0.4 is 0 Å². The Morgan fingerprint density at radius 3 is 1.89 bits per heavy atom. The Bertz CT molecular complexity index is 1920. The summed E-state index contributed by atoms with van der Waals surface area (Å²) in [5.41, 5.74) is 2.59. The van der Waals surface area contributed by atoms with Gasteiger partial charge in [-0.1, -0.05) is 32.4 Å². The summed E-state index contributed by atoms with van der Waals surface area (Å²) in [6, 6.07) is 0. The monoisotopic (exact) mass is 1030 g/mol. The average Bonchev–Trinajstić information content (AvgIpc) is 3.85. The summed E-state index contributed by atoms with van der Waals surface area (Å²) in [7, 11) is 0. The minimum Gasteiger partial charge on any atom is -0.494 e. The van der Waals surface area contributed by atoms with Crippen LogP contribution >= 0.6 is 0 Å². The van der Waals surface area contributed by atoms with Crippen molar-refractivity contribution in [3.8, 4) is 0 Å². The summed E-state index contributed by atoms with van der Waals surface area (Å²) in [5, 5.41) is 126. The summed E-state index contributed by atoms with van der Waals surface area (Å²) < 4.78 is 54.8. The SMILES string of the molecule is CC1=C(CC[C@H](C)CO[C@H]2O[C@@H](CO)[C@H](O)[C@@H](O)[C@@H]2O)O[C@@H]2C[C@@H]3[C@H]4CC=C5C[C@H](O[C@H]6O[C@@H](CO)[C@H](O[C@H]7O[C@H](C)[C@@H](O)[C@H](O)[C@@H]7O)[C@@H](O)[C@@H]6O[C@H]6O[C@H](C)[C@@H](O)[C@H](O)[C@@H]6O)CC[C@@]5(C)[C@@H]4CC[C@@]3(C)[C@H]12. The van der Waals surface area contributed by atoms with Crippen LogP contribution in [0.2, 0.25) is 0 Å². The van der Waals surface area contributed by atoms with Crippen LogP contribution in [-0.2, 0) is 42.6 Å². The summed E-state index contributed by atoms with van der Waals surface area (Å²) in [4.78, 5) is 0. The second-order valence-electron chi connectivity index (χ2n) is 23.2. The smallest absolute Gasteiger partial charge is 0.187 e. The van der Waals surface area contributed by atoms with E-state index in [0.29, 0.717) is 36.5 Å². The van der Waals surface area contributed by atoms with Crippen LogP contribution in [0.4, 0.5) is 0 Å². The number of ether oxygens (including phenoxy) is 9. The Labute approximate surface area is 420 Å². The first-order valence-corrected chi connectivity index (χ1v) is 26.4. The van der Waals surface area contributed by atoms with Crippen molar-refractivity contribution in [3.05, 3.63) is 23.0 Å². The molecule has 3 saturated carbocycles. The maximum atomic E-state index is 12.0. The molecule has 9 aliphatic rings. The van der Waals surface area contributed by atoms with Gasteiger partial charge in [0.1, 0.15) is 91.6 Å². The number of rotatable bonds is 14. The lowest BCUT2D eigenvalue weighted by atomic mass is 9.47. The molecule has 0 spiro atoms. The standard InChI is InChI=1S/C51H82O21/c1-20(19-64-46-40(60)39(59)36(56)31(17-52)69-46)7-10-29-21(2)33-30(68-29)16-28-26-9-8-24-15-25(11-13-50(24,5)27(26)12-14-51(28,33)6)67-49-45(72-48-42(62)38(58)35(55)23(4)66-48)43(63)44(32(18-53)70-49)71-47-41(61)37(57)34(54)22(3)65-47/h8,20,22-23,25-28,30-49,52-63H,7,9-19H2,1-6H3/t20-,22+,23+,25+,26-,27+,28+,30+,31-,32-,33+,34+,35+,36-,37-,38-,39+,40-,41-,42-,43+,44-,45-,46-,47+,48+,49-,50+,51+/m0/s1. The lowest BCUT2D eigenvalue weighted by molar-refractivity contribution is -0.388. The molecule has 4 saturated heterocycles. The fraction of sp³-hybridized carbons (Fsp3) is 0.922. The van der Waals surface area contributed by atoms with E-state index in [2.05, 4.69) is 26.8 Å². The number of aliphatic hydroxyl groups excluding tert-OH is 12. The first-order chi connectivity index (χ1) is 34.1. The first-order valence-electron chi connectivity index (χ1n) is 26.4. The Kier molecular flexibility index (Phi) is 16.7. The number of hydrogen-bond acceptors (Lipinski definition) is 21. The highest BCUT2D eigenvalue weighted by molar-refractivity contribution is 5.30. The van der Waals surface area contributed by atoms with Crippen LogP contribution in [0.25, 0.3) is 0 Å². The highest BCUT2D eigenvalue weighted by atomic mass is 16.8. The topological polar surface area (TPSA) is 326 Å². The van der Waals surface area contributed by atoms with Crippen LogP contribution in [0.5, 0.6) is 0 Å². The van der Waals surface area contributed by atoms with E-state index in [1.165, 1.54) is 25.0 Å². The highest BCUT2D eigenvalue weighted by Gasteiger charge is 2.64. The molecule has 7 fully saturated rings. The van der Waals surface area contributed by atoms with Crippen molar-refractivity contribution >= 4 is 0 Å². The van der Waals surface area contributed by atoms with Gasteiger partial charge in [-0.25, -0.2) is 0 Å². The molecule has 21 nitrogen and oxygen atoms in total. The predicted octanol–water partition coefficient (Wildman–Crippen LogP) is -1.03. The van der Waals surface area contributed by atoms with Gasteiger partial charge in [0.15, 0.2) is 25.2 Å². The van der Waals surface area contributed by atoms with Crippen LogP contribution in [0.15, 0.2) is 23.0 Å². The zero-order chi connectivity index (χ0) is 51.9. The number of allylic oxidation sites excluding steroid dienone is 2. The fourth-order valence-corrected chi connectivity index (χ4v) is 14.5. The van der Waals surface area contributed by atoms with E-state index in [1.54, 1.807) is 0 Å². The Morgan fingerprint density at radius 1 is 0.653 bits per heavy atom. The van der Waals surface area contributed by atoms with E-state index in [9.17, 15) is 61.3 Å². The molecular formula is C51H82O21. The molecule has 4 aliphatic carbocycles. The van der Waals surface area contributed by atoms with Gasteiger partial charge in [-0.2, -0.15) is 0 Å². The van der Waals surface area contributed by atoms with Crippen LogP contribution in [0.1, 0.15) is 99.3 Å². The van der Waals surface area contributed by atoms with Crippen LogP contribution in [-0.4, -0.2) is 216 Å².